The predicted molar refractivity (Wildman–Crippen MR) is 81.5 cm³/mol. The van der Waals surface area contributed by atoms with Gasteiger partial charge < -0.3 is 14.5 Å². The molecule has 1 N–H and O–H groups in total. The number of nitrogens with one attached hydrogen (secondary N) is 1. The molecule has 0 aliphatic carbocycles. The highest BCUT2D eigenvalue weighted by Gasteiger charge is 2.14. The molecule has 0 atom stereocenters. The number of benzene rings is 2. The lowest BCUT2D eigenvalue weighted by molar-refractivity contribution is 0.401. The second-order valence-corrected chi connectivity index (χ2v) is 4.82. The topological polar surface area (TPSA) is 39.2 Å². The molecule has 0 spiro atoms. The van der Waals surface area contributed by atoms with Crippen LogP contribution in [0.5, 0.6) is 11.5 Å². The molecule has 0 fully saturated rings. The highest BCUT2D eigenvalue weighted by molar-refractivity contribution is 7.71. The summed E-state index contributed by atoms with van der Waals surface area (Å²) in [5, 5.41) is 0. The van der Waals surface area contributed by atoms with Gasteiger partial charge in [0.1, 0.15) is 22.8 Å². The zero-order valence-electron chi connectivity index (χ0n) is 11.5. The second kappa shape index (κ2) is 5.21. The summed E-state index contributed by atoms with van der Waals surface area (Å²) in [4.78, 5) is 2.89. The third-order valence-electron chi connectivity index (χ3n) is 3.29. The van der Waals surface area contributed by atoms with E-state index >= 15 is 0 Å². The molecule has 0 saturated heterocycles. The van der Waals surface area contributed by atoms with Crippen molar-refractivity contribution in [3.63, 3.8) is 0 Å². The number of rotatable bonds is 3. The third kappa shape index (κ3) is 2.17. The maximum atomic E-state index is 13.9. The van der Waals surface area contributed by atoms with Gasteiger partial charge in [0, 0.05) is 6.07 Å². The normalized spacial score (nSPS) is 10.8. The zero-order chi connectivity index (χ0) is 15.0. The summed E-state index contributed by atoms with van der Waals surface area (Å²) in [5.41, 5.74) is 1.71. The SMILES string of the molecule is COc1ccc(OC)c(-n2c(=S)[nH]c3c(F)cccc32)c1. The largest absolute Gasteiger partial charge is 0.497 e. The number of halogens is 1. The van der Waals surface area contributed by atoms with Crippen molar-refractivity contribution >= 4 is 23.3 Å². The van der Waals surface area contributed by atoms with E-state index in [0.29, 0.717) is 33.0 Å². The first-order valence-corrected chi connectivity index (χ1v) is 6.68. The number of imidazole rings is 1. The first-order chi connectivity index (χ1) is 10.2. The van der Waals surface area contributed by atoms with Crippen molar-refractivity contribution in [1.82, 2.24) is 9.55 Å². The maximum Gasteiger partial charge on any atom is 0.182 e. The van der Waals surface area contributed by atoms with Crippen LogP contribution < -0.4 is 9.47 Å². The van der Waals surface area contributed by atoms with Gasteiger partial charge in [0.05, 0.1) is 25.4 Å². The Hall–Kier alpha value is -2.34. The Balaban J connectivity index is 2.37. The van der Waals surface area contributed by atoms with Gasteiger partial charge in [0.15, 0.2) is 4.77 Å². The molecular weight excluding hydrogens is 291 g/mol. The molecule has 0 aliphatic rings. The summed E-state index contributed by atoms with van der Waals surface area (Å²) < 4.78 is 26.6. The Morgan fingerprint density at radius 2 is 1.95 bits per heavy atom. The fourth-order valence-electron chi connectivity index (χ4n) is 2.31. The summed E-state index contributed by atoms with van der Waals surface area (Å²) in [6.45, 7) is 0. The standard InChI is InChI=1S/C15H13FN2O2S/c1-19-9-6-7-13(20-2)12(8-9)18-11-5-3-4-10(16)14(11)17-15(18)21/h3-8H,1-2H3,(H,17,21). The van der Waals surface area contributed by atoms with E-state index in [2.05, 4.69) is 4.98 Å². The lowest BCUT2D eigenvalue weighted by Crippen LogP contribution is -1.99. The number of para-hydroxylation sites is 1. The van der Waals surface area contributed by atoms with Gasteiger partial charge in [0.25, 0.3) is 0 Å². The molecule has 108 valence electrons. The van der Waals surface area contributed by atoms with E-state index in [0.717, 1.165) is 0 Å². The molecule has 1 heterocycles. The average molecular weight is 304 g/mol. The van der Waals surface area contributed by atoms with Crippen molar-refractivity contribution in [2.75, 3.05) is 14.2 Å². The first-order valence-electron chi connectivity index (χ1n) is 6.27. The highest BCUT2D eigenvalue weighted by atomic mass is 32.1. The van der Waals surface area contributed by atoms with Crippen LogP contribution in [0.25, 0.3) is 16.7 Å². The van der Waals surface area contributed by atoms with Crippen LogP contribution in [-0.2, 0) is 0 Å². The molecule has 2 aromatic carbocycles. The van der Waals surface area contributed by atoms with E-state index < -0.39 is 0 Å². The summed E-state index contributed by atoms with van der Waals surface area (Å²) in [5.74, 6) is 0.940. The lowest BCUT2D eigenvalue weighted by atomic mass is 10.2. The molecule has 0 amide bonds. The maximum absolute atomic E-state index is 13.9. The Morgan fingerprint density at radius 3 is 2.67 bits per heavy atom. The minimum Gasteiger partial charge on any atom is -0.497 e. The summed E-state index contributed by atoms with van der Waals surface area (Å²) in [6, 6.07) is 10.2. The molecule has 0 aliphatic heterocycles. The summed E-state index contributed by atoms with van der Waals surface area (Å²) >= 11 is 5.33. The van der Waals surface area contributed by atoms with Gasteiger partial charge in [-0.05, 0) is 36.5 Å². The van der Waals surface area contributed by atoms with Crippen LogP contribution in [0, 0.1) is 10.6 Å². The zero-order valence-corrected chi connectivity index (χ0v) is 12.3. The minimum atomic E-state index is -0.348. The molecular formula is C15H13FN2O2S. The number of ether oxygens (including phenoxy) is 2. The van der Waals surface area contributed by atoms with Crippen LogP contribution in [0.15, 0.2) is 36.4 Å². The Kier molecular flexibility index (Phi) is 3.39. The molecule has 21 heavy (non-hydrogen) atoms. The summed E-state index contributed by atoms with van der Waals surface area (Å²) in [7, 11) is 3.16. The quantitative estimate of drug-likeness (QED) is 0.747. The van der Waals surface area contributed by atoms with Crippen molar-refractivity contribution in [3.05, 3.63) is 47.0 Å². The number of hydrogen-bond donors (Lipinski definition) is 1. The van der Waals surface area contributed by atoms with Gasteiger partial charge in [-0.25, -0.2) is 4.39 Å². The molecule has 4 nitrogen and oxygen atoms in total. The van der Waals surface area contributed by atoms with Gasteiger partial charge in [-0.1, -0.05) is 6.07 Å². The summed E-state index contributed by atoms with van der Waals surface area (Å²) in [6.07, 6.45) is 0. The van der Waals surface area contributed by atoms with E-state index in [9.17, 15) is 4.39 Å². The van der Waals surface area contributed by atoms with Crippen LogP contribution in [-0.4, -0.2) is 23.8 Å². The monoisotopic (exact) mass is 304 g/mol. The number of fused-ring (bicyclic) bond motifs is 1. The number of aromatic nitrogens is 2. The number of nitrogens with zero attached hydrogens (tertiary/aromatic N) is 1. The van der Waals surface area contributed by atoms with Gasteiger partial charge in [0.2, 0.25) is 0 Å². The fraction of sp³-hybridized carbons (Fsp3) is 0.133. The Morgan fingerprint density at radius 1 is 1.14 bits per heavy atom. The van der Waals surface area contributed by atoms with Crippen molar-refractivity contribution in [2.45, 2.75) is 0 Å². The van der Waals surface area contributed by atoms with Gasteiger partial charge in [-0.3, -0.25) is 4.57 Å². The smallest absolute Gasteiger partial charge is 0.182 e. The van der Waals surface area contributed by atoms with Gasteiger partial charge >= 0.3 is 0 Å². The van der Waals surface area contributed by atoms with Crippen LogP contribution in [0.2, 0.25) is 0 Å². The fourth-order valence-corrected chi connectivity index (χ4v) is 2.60. The predicted octanol–water partition coefficient (Wildman–Crippen LogP) is 3.84. The minimum absolute atomic E-state index is 0.348. The van der Waals surface area contributed by atoms with Crippen molar-refractivity contribution in [3.8, 4) is 17.2 Å². The van der Waals surface area contributed by atoms with E-state index in [-0.39, 0.29) is 5.82 Å². The van der Waals surface area contributed by atoms with Crippen LogP contribution >= 0.6 is 12.2 Å². The number of methoxy groups -OCH3 is 2. The number of aromatic amines is 1. The van der Waals surface area contributed by atoms with Crippen LogP contribution in [0.4, 0.5) is 4.39 Å². The third-order valence-corrected chi connectivity index (χ3v) is 3.58. The van der Waals surface area contributed by atoms with Crippen LogP contribution in [0.3, 0.4) is 0 Å². The highest BCUT2D eigenvalue weighted by Crippen LogP contribution is 2.31. The average Bonchev–Trinajstić information content (AvgIpc) is 2.84. The molecule has 0 bridgehead atoms. The molecule has 0 radical (unpaired) electrons. The van der Waals surface area contributed by atoms with E-state index in [4.69, 9.17) is 21.7 Å². The van der Waals surface area contributed by atoms with E-state index in [1.807, 2.05) is 0 Å². The number of H-pyrrole nitrogens is 1. The van der Waals surface area contributed by atoms with Crippen molar-refractivity contribution in [2.24, 2.45) is 0 Å². The van der Waals surface area contributed by atoms with Crippen molar-refractivity contribution < 1.29 is 13.9 Å². The second-order valence-electron chi connectivity index (χ2n) is 4.44. The number of hydrogen-bond acceptors (Lipinski definition) is 3. The molecule has 0 saturated carbocycles. The Bertz CT molecular complexity index is 870. The molecule has 3 aromatic rings. The molecule has 1 aromatic heterocycles. The molecule has 3 rings (SSSR count). The van der Waals surface area contributed by atoms with E-state index in [1.54, 1.807) is 49.1 Å². The van der Waals surface area contributed by atoms with Gasteiger partial charge in [-0.2, -0.15) is 0 Å². The lowest BCUT2D eigenvalue weighted by Gasteiger charge is -2.12. The molecule has 0 unspecified atom stereocenters. The van der Waals surface area contributed by atoms with Crippen molar-refractivity contribution in [1.29, 1.82) is 0 Å². The molecule has 6 heteroatoms. The van der Waals surface area contributed by atoms with E-state index in [1.165, 1.54) is 6.07 Å². The first kappa shape index (κ1) is 13.6. The van der Waals surface area contributed by atoms with Gasteiger partial charge in [-0.15, -0.1) is 0 Å². The Labute approximate surface area is 125 Å². The van der Waals surface area contributed by atoms with Crippen LogP contribution in [0.1, 0.15) is 0 Å².